The number of carbonyl (C=O) groups is 1. The Morgan fingerprint density at radius 2 is 2.04 bits per heavy atom. The van der Waals surface area contributed by atoms with Crippen LogP contribution in [0.2, 0.25) is 0 Å². The number of hydrogen-bond donors (Lipinski definition) is 2. The molecule has 0 spiro atoms. The van der Waals surface area contributed by atoms with E-state index in [1.807, 2.05) is 31.2 Å². The van der Waals surface area contributed by atoms with E-state index < -0.39 is 0 Å². The number of carbonyl (C=O) groups excluding carboxylic acids is 1. The summed E-state index contributed by atoms with van der Waals surface area (Å²) in [6.07, 6.45) is 1.88. The summed E-state index contributed by atoms with van der Waals surface area (Å²) in [6, 6.07) is 8.97. The highest BCUT2D eigenvalue weighted by molar-refractivity contribution is 5.92. The molecule has 6 nitrogen and oxygen atoms in total. The predicted molar refractivity (Wildman–Crippen MR) is 91.5 cm³/mol. The average Bonchev–Trinajstić information content (AvgIpc) is 3.14. The standard InChI is InChI=1S/C16H20N4O2.ClH/c1-11-4-6-12(7-5-11)20-15(21)9-14(18-20)16(22)19-8-2-3-13(19)10-17;/h4-7,9,13,18H,2-3,8,10,17H2,1H3;1H. The molecular formula is C16H21ClN4O2. The number of likely N-dealkylation sites (tertiary alicyclic amines) is 1. The summed E-state index contributed by atoms with van der Waals surface area (Å²) in [5, 5.41) is 2.91. The summed E-state index contributed by atoms with van der Waals surface area (Å²) in [5.74, 6) is -0.157. The second-order valence-corrected chi connectivity index (χ2v) is 5.71. The van der Waals surface area contributed by atoms with Crippen molar-refractivity contribution in [1.29, 1.82) is 0 Å². The minimum atomic E-state index is -0.240. The van der Waals surface area contributed by atoms with Crippen molar-refractivity contribution < 1.29 is 4.79 Å². The second kappa shape index (κ2) is 7.02. The molecule has 7 heteroatoms. The van der Waals surface area contributed by atoms with Crippen molar-refractivity contribution in [3.63, 3.8) is 0 Å². The Hall–Kier alpha value is -2.05. The molecule has 124 valence electrons. The Kier molecular flexibility index (Phi) is 5.28. The van der Waals surface area contributed by atoms with Crippen molar-refractivity contribution in [2.24, 2.45) is 5.73 Å². The van der Waals surface area contributed by atoms with Crippen LogP contribution in [0.4, 0.5) is 0 Å². The first-order valence-corrected chi connectivity index (χ1v) is 7.50. The van der Waals surface area contributed by atoms with Gasteiger partial charge < -0.3 is 10.6 Å². The number of nitrogens with two attached hydrogens (primary N) is 1. The van der Waals surface area contributed by atoms with E-state index in [4.69, 9.17) is 5.73 Å². The molecule has 1 aromatic carbocycles. The Balaban J connectivity index is 0.00000192. The molecule has 1 aliphatic heterocycles. The van der Waals surface area contributed by atoms with Gasteiger partial charge in [-0.2, -0.15) is 0 Å². The summed E-state index contributed by atoms with van der Waals surface area (Å²) in [7, 11) is 0. The maximum atomic E-state index is 12.6. The van der Waals surface area contributed by atoms with Gasteiger partial charge in [0, 0.05) is 25.2 Å². The smallest absolute Gasteiger partial charge is 0.272 e. The minimum Gasteiger partial charge on any atom is -0.333 e. The third kappa shape index (κ3) is 3.33. The van der Waals surface area contributed by atoms with Crippen LogP contribution in [0.1, 0.15) is 28.9 Å². The number of aromatic nitrogens is 2. The van der Waals surface area contributed by atoms with E-state index in [-0.39, 0.29) is 29.9 Å². The van der Waals surface area contributed by atoms with Gasteiger partial charge >= 0.3 is 0 Å². The van der Waals surface area contributed by atoms with E-state index in [1.54, 1.807) is 4.90 Å². The lowest BCUT2D eigenvalue weighted by Crippen LogP contribution is -2.40. The molecule has 0 bridgehead atoms. The monoisotopic (exact) mass is 336 g/mol. The maximum absolute atomic E-state index is 12.6. The van der Waals surface area contributed by atoms with Crippen LogP contribution >= 0.6 is 12.4 Å². The van der Waals surface area contributed by atoms with Crippen LogP contribution in [0.5, 0.6) is 0 Å². The quantitative estimate of drug-likeness (QED) is 0.890. The average molecular weight is 337 g/mol. The number of nitrogens with zero attached hydrogens (tertiary/aromatic N) is 2. The summed E-state index contributed by atoms with van der Waals surface area (Å²) in [4.78, 5) is 26.4. The topological polar surface area (TPSA) is 84.1 Å². The van der Waals surface area contributed by atoms with Gasteiger partial charge in [0.05, 0.1) is 5.69 Å². The van der Waals surface area contributed by atoms with Gasteiger partial charge in [0.25, 0.3) is 11.5 Å². The van der Waals surface area contributed by atoms with Crippen molar-refractivity contribution in [2.45, 2.75) is 25.8 Å². The van der Waals surface area contributed by atoms with Crippen LogP contribution in [0.25, 0.3) is 5.69 Å². The van der Waals surface area contributed by atoms with Crippen LogP contribution in [0, 0.1) is 6.92 Å². The molecule has 1 aromatic heterocycles. The fourth-order valence-corrected chi connectivity index (χ4v) is 2.89. The van der Waals surface area contributed by atoms with Crippen molar-refractivity contribution in [2.75, 3.05) is 13.1 Å². The highest BCUT2D eigenvalue weighted by atomic mass is 35.5. The van der Waals surface area contributed by atoms with Crippen LogP contribution in [-0.2, 0) is 0 Å². The molecule has 23 heavy (non-hydrogen) atoms. The zero-order valence-corrected chi connectivity index (χ0v) is 13.8. The lowest BCUT2D eigenvalue weighted by molar-refractivity contribution is 0.0734. The fraction of sp³-hybridized carbons (Fsp3) is 0.375. The Morgan fingerprint density at radius 1 is 1.35 bits per heavy atom. The first-order chi connectivity index (χ1) is 10.6. The molecule has 0 radical (unpaired) electrons. The Bertz CT molecular complexity index is 735. The van der Waals surface area contributed by atoms with E-state index in [0.717, 1.165) is 18.4 Å². The fourth-order valence-electron chi connectivity index (χ4n) is 2.89. The van der Waals surface area contributed by atoms with Gasteiger partial charge in [-0.3, -0.25) is 14.7 Å². The van der Waals surface area contributed by atoms with E-state index in [2.05, 4.69) is 5.10 Å². The number of hydrogen-bond acceptors (Lipinski definition) is 3. The van der Waals surface area contributed by atoms with E-state index >= 15 is 0 Å². The SMILES string of the molecule is Cc1ccc(-n2[nH]c(C(=O)N3CCCC3CN)cc2=O)cc1.Cl. The van der Waals surface area contributed by atoms with E-state index in [9.17, 15) is 9.59 Å². The summed E-state index contributed by atoms with van der Waals surface area (Å²) in [5.41, 5.74) is 7.61. The molecule has 1 atom stereocenters. The summed E-state index contributed by atoms with van der Waals surface area (Å²) >= 11 is 0. The number of aromatic amines is 1. The number of halogens is 1. The zero-order valence-electron chi connectivity index (χ0n) is 13.0. The van der Waals surface area contributed by atoms with Crippen molar-refractivity contribution in [3.05, 3.63) is 51.9 Å². The first-order valence-electron chi connectivity index (χ1n) is 7.50. The Morgan fingerprint density at radius 3 is 2.70 bits per heavy atom. The summed E-state index contributed by atoms with van der Waals surface area (Å²) < 4.78 is 1.39. The number of amides is 1. The zero-order chi connectivity index (χ0) is 15.7. The maximum Gasteiger partial charge on any atom is 0.272 e. The molecule has 2 aromatic rings. The highest BCUT2D eigenvalue weighted by Crippen LogP contribution is 2.18. The van der Waals surface area contributed by atoms with Crippen LogP contribution in [-0.4, -0.2) is 39.7 Å². The molecule has 0 aliphatic carbocycles. The van der Waals surface area contributed by atoms with Crippen molar-refractivity contribution in [1.82, 2.24) is 14.7 Å². The van der Waals surface area contributed by atoms with E-state index in [0.29, 0.717) is 24.5 Å². The van der Waals surface area contributed by atoms with Gasteiger partial charge in [-0.25, -0.2) is 4.68 Å². The molecule has 2 heterocycles. The van der Waals surface area contributed by atoms with Crippen molar-refractivity contribution >= 4 is 18.3 Å². The second-order valence-electron chi connectivity index (χ2n) is 5.71. The first kappa shape index (κ1) is 17.3. The largest absolute Gasteiger partial charge is 0.333 e. The highest BCUT2D eigenvalue weighted by Gasteiger charge is 2.29. The normalized spacial score (nSPS) is 17.1. The van der Waals surface area contributed by atoms with Gasteiger partial charge in [0.15, 0.2) is 0 Å². The lowest BCUT2D eigenvalue weighted by atomic mass is 10.2. The third-order valence-electron chi connectivity index (χ3n) is 4.15. The molecular weight excluding hydrogens is 316 g/mol. The third-order valence-corrected chi connectivity index (χ3v) is 4.15. The van der Waals surface area contributed by atoms with Gasteiger partial charge in [0.1, 0.15) is 5.69 Å². The molecule has 1 saturated heterocycles. The summed E-state index contributed by atoms with van der Waals surface area (Å²) in [6.45, 7) is 3.13. The molecule has 1 fully saturated rings. The van der Waals surface area contributed by atoms with Crippen molar-refractivity contribution in [3.8, 4) is 5.69 Å². The van der Waals surface area contributed by atoms with E-state index in [1.165, 1.54) is 10.7 Å². The molecule has 1 amide bonds. The predicted octanol–water partition coefficient (Wildman–Crippen LogP) is 1.46. The molecule has 1 aliphatic rings. The molecule has 1 unspecified atom stereocenters. The molecule has 0 saturated carbocycles. The minimum absolute atomic E-state index is 0. The number of aryl methyl sites for hydroxylation is 1. The lowest BCUT2D eigenvalue weighted by Gasteiger charge is -2.22. The van der Waals surface area contributed by atoms with Gasteiger partial charge in [-0.15, -0.1) is 12.4 Å². The molecule has 3 rings (SSSR count). The number of nitrogens with one attached hydrogen (secondary N) is 1. The van der Waals surface area contributed by atoms with Gasteiger partial charge in [-0.1, -0.05) is 17.7 Å². The van der Waals surface area contributed by atoms with Gasteiger partial charge in [-0.05, 0) is 31.9 Å². The van der Waals surface area contributed by atoms with Crippen LogP contribution in [0.3, 0.4) is 0 Å². The number of rotatable bonds is 3. The van der Waals surface area contributed by atoms with Crippen LogP contribution in [0.15, 0.2) is 35.1 Å². The number of benzene rings is 1. The van der Waals surface area contributed by atoms with Gasteiger partial charge in [0.2, 0.25) is 0 Å². The Labute approximate surface area is 140 Å². The van der Waals surface area contributed by atoms with Crippen LogP contribution < -0.4 is 11.3 Å². The molecule has 3 N–H and O–H groups in total. The number of H-pyrrole nitrogens is 1.